The van der Waals surface area contributed by atoms with E-state index in [0.29, 0.717) is 5.02 Å². The van der Waals surface area contributed by atoms with Crippen LogP contribution in [0.4, 0.5) is 4.39 Å². The first-order chi connectivity index (χ1) is 9.47. The summed E-state index contributed by atoms with van der Waals surface area (Å²) < 4.78 is 19.3. The summed E-state index contributed by atoms with van der Waals surface area (Å²) in [7, 11) is 0. The third-order valence-electron chi connectivity index (χ3n) is 3.07. The molecule has 0 heterocycles. The number of rotatable bonds is 4. The van der Waals surface area contributed by atoms with Crippen LogP contribution >= 0.6 is 11.6 Å². The highest BCUT2D eigenvalue weighted by Gasteiger charge is 2.08. The fourth-order valence-electron chi connectivity index (χ4n) is 1.84. The van der Waals surface area contributed by atoms with E-state index < -0.39 is 5.82 Å². The Kier molecular flexibility index (Phi) is 4.63. The smallest absolute Gasteiger partial charge is 0.165 e. The van der Waals surface area contributed by atoms with E-state index in [1.807, 2.05) is 25.1 Å². The number of aryl methyl sites for hydroxylation is 1. The van der Waals surface area contributed by atoms with Gasteiger partial charge in [-0.15, -0.1) is 0 Å². The lowest BCUT2D eigenvalue weighted by Crippen LogP contribution is -2.06. The zero-order valence-corrected chi connectivity index (χ0v) is 12.2. The Labute approximate surface area is 123 Å². The van der Waals surface area contributed by atoms with Gasteiger partial charge in [-0.05, 0) is 43.2 Å². The van der Waals surface area contributed by atoms with Crippen LogP contribution in [0.2, 0.25) is 5.02 Å². The van der Waals surface area contributed by atoms with Gasteiger partial charge >= 0.3 is 0 Å². The molecule has 0 saturated heterocycles. The number of ether oxygens (including phenoxy) is 1. The van der Waals surface area contributed by atoms with Crippen molar-refractivity contribution in [3.63, 3.8) is 0 Å². The lowest BCUT2D eigenvalue weighted by Gasteiger charge is -2.11. The monoisotopic (exact) mass is 293 g/mol. The molecule has 1 atom stereocenters. The van der Waals surface area contributed by atoms with Crippen LogP contribution in [-0.4, -0.2) is 0 Å². The summed E-state index contributed by atoms with van der Waals surface area (Å²) in [6.45, 7) is 4.00. The van der Waals surface area contributed by atoms with Gasteiger partial charge in [-0.1, -0.05) is 29.8 Å². The van der Waals surface area contributed by atoms with Gasteiger partial charge in [0, 0.05) is 16.6 Å². The van der Waals surface area contributed by atoms with Crippen LogP contribution in [-0.2, 0) is 6.61 Å². The number of nitrogens with two attached hydrogens (primary N) is 1. The Morgan fingerprint density at radius 2 is 2.00 bits per heavy atom. The molecule has 2 N–H and O–H groups in total. The van der Waals surface area contributed by atoms with Crippen molar-refractivity contribution in [1.82, 2.24) is 0 Å². The standard InChI is InChI=1S/C16H17ClFNO/c1-10-3-4-13(14(17)7-10)9-20-16-6-5-12(11(2)19)8-15(16)18/h3-8,11H,9,19H2,1-2H3. The summed E-state index contributed by atoms with van der Waals surface area (Å²) in [5.74, 6) is -0.214. The Morgan fingerprint density at radius 1 is 1.25 bits per heavy atom. The summed E-state index contributed by atoms with van der Waals surface area (Å²) in [5, 5.41) is 0.623. The van der Waals surface area contributed by atoms with Crippen LogP contribution in [0, 0.1) is 12.7 Å². The van der Waals surface area contributed by atoms with Crippen molar-refractivity contribution in [3.05, 3.63) is 63.9 Å². The predicted molar refractivity (Wildman–Crippen MR) is 79.5 cm³/mol. The van der Waals surface area contributed by atoms with E-state index in [0.717, 1.165) is 16.7 Å². The largest absolute Gasteiger partial charge is 0.486 e. The third-order valence-corrected chi connectivity index (χ3v) is 3.43. The summed E-state index contributed by atoms with van der Waals surface area (Å²) >= 11 is 6.11. The van der Waals surface area contributed by atoms with Gasteiger partial charge in [0.25, 0.3) is 0 Å². The molecule has 0 bridgehead atoms. The number of hydrogen-bond acceptors (Lipinski definition) is 2. The van der Waals surface area contributed by atoms with Gasteiger partial charge in [0.15, 0.2) is 11.6 Å². The molecule has 2 aromatic rings. The SMILES string of the molecule is Cc1ccc(COc2ccc(C(C)N)cc2F)c(Cl)c1. The Hall–Kier alpha value is -1.58. The number of hydrogen-bond donors (Lipinski definition) is 1. The van der Waals surface area contributed by atoms with E-state index in [1.165, 1.54) is 6.07 Å². The molecular weight excluding hydrogens is 277 g/mol. The van der Waals surface area contributed by atoms with Gasteiger partial charge in [0.05, 0.1) is 0 Å². The highest BCUT2D eigenvalue weighted by atomic mass is 35.5. The fraction of sp³-hybridized carbons (Fsp3) is 0.250. The van der Waals surface area contributed by atoms with Gasteiger partial charge in [0.1, 0.15) is 6.61 Å². The highest BCUT2D eigenvalue weighted by Crippen LogP contribution is 2.24. The van der Waals surface area contributed by atoms with Crippen molar-refractivity contribution in [3.8, 4) is 5.75 Å². The minimum atomic E-state index is -0.414. The maximum absolute atomic E-state index is 13.9. The van der Waals surface area contributed by atoms with Crippen molar-refractivity contribution in [2.75, 3.05) is 0 Å². The maximum atomic E-state index is 13.9. The van der Waals surface area contributed by atoms with Crippen LogP contribution < -0.4 is 10.5 Å². The summed E-state index contributed by atoms with van der Waals surface area (Å²) in [5.41, 5.74) is 8.35. The predicted octanol–water partition coefficient (Wildman–Crippen LogP) is 4.39. The van der Waals surface area contributed by atoms with Crippen molar-refractivity contribution in [2.45, 2.75) is 26.5 Å². The maximum Gasteiger partial charge on any atom is 0.165 e. The van der Waals surface area contributed by atoms with Gasteiger partial charge < -0.3 is 10.5 Å². The molecule has 0 amide bonds. The number of benzene rings is 2. The Balaban J connectivity index is 2.11. The molecule has 0 spiro atoms. The Bertz CT molecular complexity index is 613. The first-order valence-corrected chi connectivity index (χ1v) is 6.78. The normalized spacial score (nSPS) is 12.2. The van der Waals surface area contributed by atoms with E-state index in [1.54, 1.807) is 19.1 Å². The van der Waals surface area contributed by atoms with Crippen LogP contribution in [0.15, 0.2) is 36.4 Å². The second-order valence-corrected chi connectivity index (χ2v) is 5.27. The van der Waals surface area contributed by atoms with Crippen molar-refractivity contribution in [2.24, 2.45) is 5.73 Å². The molecule has 106 valence electrons. The fourth-order valence-corrected chi connectivity index (χ4v) is 2.13. The summed E-state index contributed by atoms with van der Waals surface area (Å²) in [4.78, 5) is 0. The average molecular weight is 294 g/mol. The molecule has 0 saturated carbocycles. The van der Waals surface area contributed by atoms with Crippen LogP contribution in [0.3, 0.4) is 0 Å². The quantitative estimate of drug-likeness (QED) is 0.907. The molecule has 20 heavy (non-hydrogen) atoms. The van der Waals surface area contributed by atoms with Crippen LogP contribution in [0.25, 0.3) is 0 Å². The summed E-state index contributed by atoms with van der Waals surface area (Å²) in [6, 6.07) is 10.2. The van der Waals surface area contributed by atoms with E-state index >= 15 is 0 Å². The second-order valence-electron chi connectivity index (χ2n) is 4.86. The molecule has 0 aliphatic heterocycles. The van der Waals surface area contributed by atoms with E-state index in [4.69, 9.17) is 22.1 Å². The second kappa shape index (κ2) is 6.25. The zero-order valence-electron chi connectivity index (χ0n) is 11.5. The molecular formula is C16H17ClFNO. The zero-order chi connectivity index (χ0) is 14.7. The van der Waals surface area contributed by atoms with E-state index in [-0.39, 0.29) is 18.4 Å². The van der Waals surface area contributed by atoms with Gasteiger partial charge in [-0.25, -0.2) is 4.39 Å². The minimum absolute atomic E-state index is 0.200. The third kappa shape index (κ3) is 3.50. The molecule has 2 aromatic carbocycles. The molecule has 1 unspecified atom stereocenters. The molecule has 0 aliphatic carbocycles. The first kappa shape index (κ1) is 14.8. The summed E-state index contributed by atoms with van der Waals surface area (Å²) in [6.07, 6.45) is 0. The van der Waals surface area contributed by atoms with Crippen LogP contribution in [0.1, 0.15) is 29.7 Å². The molecule has 0 aliphatic rings. The van der Waals surface area contributed by atoms with Crippen molar-refractivity contribution >= 4 is 11.6 Å². The van der Waals surface area contributed by atoms with Crippen LogP contribution in [0.5, 0.6) is 5.75 Å². The topological polar surface area (TPSA) is 35.2 Å². The van der Waals surface area contributed by atoms with E-state index in [2.05, 4.69) is 0 Å². The molecule has 0 fully saturated rings. The number of halogens is 2. The Morgan fingerprint density at radius 3 is 2.60 bits per heavy atom. The minimum Gasteiger partial charge on any atom is -0.486 e. The van der Waals surface area contributed by atoms with Gasteiger partial charge in [-0.3, -0.25) is 0 Å². The molecule has 0 radical (unpaired) electrons. The van der Waals surface area contributed by atoms with Crippen molar-refractivity contribution in [1.29, 1.82) is 0 Å². The van der Waals surface area contributed by atoms with Crippen molar-refractivity contribution < 1.29 is 9.13 Å². The molecule has 2 nitrogen and oxygen atoms in total. The highest BCUT2D eigenvalue weighted by molar-refractivity contribution is 6.31. The lowest BCUT2D eigenvalue weighted by atomic mass is 10.1. The molecule has 2 rings (SSSR count). The van der Waals surface area contributed by atoms with Gasteiger partial charge in [0.2, 0.25) is 0 Å². The molecule has 0 aromatic heterocycles. The average Bonchev–Trinajstić information content (AvgIpc) is 2.38. The lowest BCUT2D eigenvalue weighted by molar-refractivity contribution is 0.290. The van der Waals surface area contributed by atoms with E-state index in [9.17, 15) is 4.39 Å². The molecule has 4 heteroatoms. The van der Waals surface area contributed by atoms with Gasteiger partial charge in [-0.2, -0.15) is 0 Å². The first-order valence-electron chi connectivity index (χ1n) is 6.40.